The zero-order valence-corrected chi connectivity index (χ0v) is 14.2. The molecule has 0 aliphatic heterocycles. The highest BCUT2D eigenvalue weighted by Gasteiger charge is 2.15. The molecule has 0 aliphatic carbocycles. The van der Waals surface area contributed by atoms with E-state index in [1.807, 2.05) is 0 Å². The molecular formula is C17H20O5S. The lowest BCUT2D eigenvalue weighted by atomic mass is 10.2. The van der Waals surface area contributed by atoms with Gasteiger partial charge in [0.1, 0.15) is 17.2 Å². The molecule has 2 aromatic carbocycles. The van der Waals surface area contributed by atoms with Crippen molar-refractivity contribution in [2.24, 2.45) is 0 Å². The van der Waals surface area contributed by atoms with Gasteiger partial charge in [-0.3, -0.25) is 0 Å². The van der Waals surface area contributed by atoms with E-state index < -0.39 is 9.84 Å². The van der Waals surface area contributed by atoms with Crippen molar-refractivity contribution in [3.05, 3.63) is 53.6 Å². The minimum atomic E-state index is -3.31. The average molecular weight is 336 g/mol. The summed E-state index contributed by atoms with van der Waals surface area (Å²) in [6.07, 6.45) is 0. The normalized spacial score (nSPS) is 11.1. The molecule has 23 heavy (non-hydrogen) atoms. The summed E-state index contributed by atoms with van der Waals surface area (Å²) in [5.74, 6) is 1.73. The van der Waals surface area contributed by atoms with Crippen molar-refractivity contribution < 1.29 is 22.6 Å². The van der Waals surface area contributed by atoms with Crippen LogP contribution in [0.15, 0.2) is 42.5 Å². The first-order chi connectivity index (χ1) is 11.0. The molecule has 0 bridgehead atoms. The molecule has 0 saturated carbocycles. The number of hydrogen-bond donors (Lipinski definition) is 0. The number of rotatable bonds is 7. The number of ether oxygens (including phenoxy) is 3. The third-order valence-corrected chi connectivity index (χ3v) is 4.89. The van der Waals surface area contributed by atoms with Crippen LogP contribution in [0.4, 0.5) is 0 Å². The lowest BCUT2D eigenvalue weighted by molar-refractivity contribution is 0.393. The van der Waals surface area contributed by atoms with Gasteiger partial charge in [0.15, 0.2) is 9.84 Å². The van der Waals surface area contributed by atoms with Crippen LogP contribution in [0, 0.1) is 0 Å². The van der Waals surface area contributed by atoms with Crippen LogP contribution in [-0.2, 0) is 21.3 Å². The Balaban J connectivity index is 2.16. The van der Waals surface area contributed by atoms with Crippen molar-refractivity contribution >= 4 is 9.84 Å². The molecule has 0 unspecified atom stereocenters. The SMILES string of the molecule is COc1ccc(CS(=O)(=O)Cc2cc(OC)cc(OC)c2)cc1. The molecule has 2 aromatic rings. The van der Waals surface area contributed by atoms with Crippen LogP contribution < -0.4 is 14.2 Å². The number of hydrogen-bond acceptors (Lipinski definition) is 5. The van der Waals surface area contributed by atoms with Crippen LogP contribution in [0.3, 0.4) is 0 Å². The van der Waals surface area contributed by atoms with Crippen molar-refractivity contribution in [1.82, 2.24) is 0 Å². The maximum atomic E-state index is 12.4. The minimum Gasteiger partial charge on any atom is -0.497 e. The van der Waals surface area contributed by atoms with Gasteiger partial charge in [-0.2, -0.15) is 0 Å². The minimum absolute atomic E-state index is 0.0312. The molecule has 0 heterocycles. The highest BCUT2D eigenvalue weighted by molar-refractivity contribution is 7.89. The maximum absolute atomic E-state index is 12.4. The van der Waals surface area contributed by atoms with Gasteiger partial charge in [0.25, 0.3) is 0 Å². The Hall–Kier alpha value is -2.21. The molecule has 0 N–H and O–H groups in total. The van der Waals surface area contributed by atoms with Crippen LogP contribution in [0.2, 0.25) is 0 Å². The van der Waals surface area contributed by atoms with Crippen LogP contribution in [0.25, 0.3) is 0 Å². The Morgan fingerprint density at radius 1 is 0.696 bits per heavy atom. The Morgan fingerprint density at radius 3 is 1.65 bits per heavy atom. The first kappa shape index (κ1) is 17.1. The predicted molar refractivity (Wildman–Crippen MR) is 88.9 cm³/mol. The third-order valence-electron chi connectivity index (χ3n) is 3.34. The van der Waals surface area contributed by atoms with E-state index >= 15 is 0 Å². The number of methoxy groups -OCH3 is 3. The standard InChI is InChI=1S/C17H20O5S/c1-20-15-6-4-13(5-7-15)11-23(18,19)12-14-8-16(21-2)10-17(9-14)22-3/h4-10H,11-12H2,1-3H3. The van der Waals surface area contributed by atoms with Crippen LogP contribution in [0.1, 0.15) is 11.1 Å². The molecule has 2 rings (SSSR count). The van der Waals surface area contributed by atoms with E-state index in [-0.39, 0.29) is 11.5 Å². The van der Waals surface area contributed by atoms with Gasteiger partial charge in [0, 0.05) is 6.07 Å². The van der Waals surface area contributed by atoms with Gasteiger partial charge in [0.2, 0.25) is 0 Å². The smallest absolute Gasteiger partial charge is 0.158 e. The second kappa shape index (κ2) is 7.37. The van der Waals surface area contributed by atoms with Gasteiger partial charge in [-0.25, -0.2) is 8.42 Å². The lowest BCUT2D eigenvalue weighted by Gasteiger charge is -2.09. The quantitative estimate of drug-likeness (QED) is 0.778. The Labute approximate surface area is 136 Å². The van der Waals surface area contributed by atoms with Crippen molar-refractivity contribution in [3.63, 3.8) is 0 Å². The predicted octanol–water partition coefficient (Wildman–Crippen LogP) is 2.83. The second-order valence-electron chi connectivity index (χ2n) is 5.10. The van der Waals surface area contributed by atoms with Gasteiger partial charge >= 0.3 is 0 Å². The fraction of sp³-hybridized carbons (Fsp3) is 0.294. The summed E-state index contributed by atoms with van der Waals surface area (Å²) in [6.45, 7) is 0. The Morgan fingerprint density at radius 2 is 1.17 bits per heavy atom. The molecule has 0 radical (unpaired) electrons. The summed E-state index contributed by atoms with van der Waals surface area (Å²) in [4.78, 5) is 0. The van der Waals surface area contributed by atoms with E-state index in [0.29, 0.717) is 22.8 Å². The second-order valence-corrected chi connectivity index (χ2v) is 7.17. The summed E-state index contributed by atoms with van der Waals surface area (Å²) < 4.78 is 40.2. The van der Waals surface area contributed by atoms with E-state index in [2.05, 4.69) is 0 Å². The zero-order valence-electron chi connectivity index (χ0n) is 13.4. The van der Waals surface area contributed by atoms with Crippen LogP contribution >= 0.6 is 0 Å². The first-order valence-electron chi connectivity index (χ1n) is 7.01. The topological polar surface area (TPSA) is 61.8 Å². The summed E-state index contributed by atoms with van der Waals surface area (Å²) in [7, 11) is 1.33. The Bertz CT molecular complexity index is 729. The van der Waals surface area contributed by atoms with Gasteiger partial charge < -0.3 is 14.2 Å². The van der Waals surface area contributed by atoms with Crippen molar-refractivity contribution in [1.29, 1.82) is 0 Å². The third kappa shape index (κ3) is 4.89. The van der Waals surface area contributed by atoms with Gasteiger partial charge in [0.05, 0.1) is 32.8 Å². The molecule has 6 heteroatoms. The van der Waals surface area contributed by atoms with Gasteiger partial charge in [-0.15, -0.1) is 0 Å². The van der Waals surface area contributed by atoms with Crippen molar-refractivity contribution in [3.8, 4) is 17.2 Å². The molecule has 0 saturated heterocycles. The Kier molecular flexibility index (Phi) is 5.50. The molecular weight excluding hydrogens is 316 g/mol. The van der Waals surface area contributed by atoms with Crippen LogP contribution in [-0.4, -0.2) is 29.7 Å². The molecule has 124 valence electrons. The number of benzene rings is 2. The fourth-order valence-electron chi connectivity index (χ4n) is 2.23. The average Bonchev–Trinajstić information content (AvgIpc) is 2.54. The highest BCUT2D eigenvalue weighted by Crippen LogP contribution is 2.24. The molecule has 0 atom stereocenters. The maximum Gasteiger partial charge on any atom is 0.158 e. The molecule has 0 spiro atoms. The molecule has 0 fully saturated rings. The molecule has 0 aromatic heterocycles. The first-order valence-corrected chi connectivity index (χ1v) is 8.83. The van der Waals surface area contributed by atoms with Gasteiger partial charge in [-0.05, 0) is 35.4 Å². The monoisotopic (exact) mass is 336 g/mol. The zero-order chi connectivity index (χ0) is 16.9. The van der Waals surface area contributed by atoms with Crippen molar-refractivity contribution in [2.45, 2.75) is 11.5 Å². The van der Waals surface area contributed by atoms with E-state index in [1.165, 1.54) is 14.2 Å². The summed E-state index contributed by atoms with van der Waals surface area (Å²) >= 11 is 0. The molecule has 5 nitrogen and oxygen atoms in total. The van der Waals surface area contributed by atoms with Gasteiger partial charge in [-0.1, -0.05) is 12.1 Å². The summed E-state index contributed by atoms with van der Waals surface area (Å²) in [6, 6.07) is 12.1. The summed E-state index contributed by atoms with van der Waals surface area (Å²) in [5.41, 5.74) is 1.36. The van der Waals surface area contributed by atoms with Crippen LogP contribution in [0.5, 0.6) is 17.2 Å². The molecule has 0 aliphatic rings. The van der Waals surface area contributed by atoms with E-state index in [9.17, 15) is 8.42 Å². The summed E-state index contributed by atoms with van der Waals surface area (Å²) in [5, 5.41) is 0. The van der Waals surface area contributed by atoms with Crippen molar-refractivity contribution in [2.75, 3.05) is 21.3 Å². The van der Waals surface area contributed by atoms with E-state index in [1.54, 1.807) is 49.6 Å². The van der Waals surface area contributed by atoms with E-state index in [4.69, 9.17) is 14.2 Å². The highest BCUT2D eigenvalue weighted by atomic mass is 32.2. The van der Waals surface area contributed by atoms with E-state index in [0.717, 1.165) is 5.56 Å². The lowest BCUT2D eigenvalue weighted by Crippen LogP contribution is -2.08. The largest absolute Gasteiger partial charge is 0.497 e. The fourth-order valence-corrected chi connectivity index (χ4v) is 3.71. The number of sulfone groups is 1. The molecule has 0 amide bonds.